The highest BCUT2D eigenvalue weighted by molar-refractivity contribution is 5.68. The van der Waals surface area contributed by atoms with Crippen LogP contribution >= 0.6 is 0 Å². The van der Waals surface area contributed by atoms with Gasteiger partial charge in [0.2, 0.25) is 0 Å². The second-order valence-electron chi connectivity index (χ2n) is 2.95. The molecule has 1 aromatic rings. The van der Waals surface area contributed by atoms with E-state index in [2.05, 4.69) is 0 Å². The van der Waals surface area contributed by atoms with Gasteiger partial charge in [-0.3, -0.25) is 4.79 Å². The number of carbonyl (C=O) groups is 1. The summed E-state index contributed by atoms with van der Waals surface area (Å²) in [5.41, 5.74) is -0.898. The van der Waals surface area contributed by atoms with Crippen LogP contribution in [-0.2, 0) is 10.7 Å². The predicted octanol–water partition coefficient (Wildman–Crippen LogP) is 1.66. The molecule has 0 saturated carbocycles. The van der Waals surface area contributed by atoms with Gasteiger partial charge in [-0.1, -0.05) is 6.07 Å². The minimum absolute atomic E-state index is 0.711. The third kappa shape index (κ3) is 2.34. The third-order valence-electron chi connectivity index (χ3n) is 1.78. The van der Waals surface area contributed by atoms with Gasteiger partial charge in [-0.05, 0) is 12.1 Å². The zero-order valence-corrected chi connectivity index (χ0v) is 7.44. The highest BCUT2D eigenvalue weighted by Crippen LogP contribution is 2.41. The molecule has 0 aliphatic rings. The number of carboxylic acid groups (broad SMARTS) is 1. The molecule has 0 aliphatic carbocycles. The van der Waals surface area contributed by atoms with Crippen LogP contribution in [0, 0.1) is 0 Å². The van der Waals surface area contributed by atoms with Gasteiger partial charge in [-0.25, -0.2) is 8.78 Å². The van der Waals surface area contributed by atoms with Crippen LogP contribution in [0.1, 0.15) is 12.0 Å². The molecule has 0 radical (unpaired) electrons. The zero-order chi connectivity index (χ0) is 11.6. The Morgan fingerprint density at radius 2 is 1.93 bits per heavy atom. The number of phenolic OH excluding ortho intramolecular Hbond substituents is 2. The Hall–Kier alpha value is -1.85. The standard InChI is InChI=1S/C9H8F2O4/c10-9(11,4-7(13)14)5-2-1-3-6(12)8(5)15/h1-3,12,15H,4H2,(H,13,14). The Bertz CT molecular complexity index is 390. The lowest BCUT2D eigenvalue weighted by Crippen LogP contribution is -2.18. The van der Waals surface area contributed by atoms with Crippen LogP contribution in [0.25, 0.3) is 0 Å². The maximum atomic E-state index is 13.2. The van der Waals surface area contributed by atoms with Crippen LogP contribution in [0.15, 0.2) is 18.2 Å². The van der Waals surface area contributed by atoms with E-state index in [1.54, 1.807) is 0 Å². The van der Waals surface area contributed by atoms with Crippen molar-refractivity contribution in [2.24, 2.45) is 0 Å². The summed E-state index contributed by atoms with van der Waals surface area (Å²) in [7, 11) is 0. The lowest BCUT2D eigenvalue weighted by atomic mass is 10.0. The number of halogens is 2. The average molecular weight is 218 g/mol. The Morgan fingerprint density at radius 3 is 2.47 bits per heavy atom. The topological polar surface area (TPSA) is 77.8 Å². The molecular formula is C9H8F2O4. The van der Waals surface area contributed by atoms with Crippen LogP contribution in [0.4, 0.5) is 8.78 Å². The van der Waals surface area contributed by atoms with E-state index in [4.69, 9.17) is 15.3 Å². The number of carboxylic acids is 1. The van der Waals surface area contributed by atoms with E-state index in [1.807, 2.05) is 0 Å². The fourth-order valence-electron chi connectivity index (χ4n) is 1.11. The molecule has 4 nitrogen and oxygen atoms in total. The maximum Gasteiger partial charge on any atom is 0.309 e. The number of alkyl halides is 2. The van der Waals surface area contributed by atoms with E-state index >= 15 is 0 Å². The second kappa shape index (κ2) is 3.72. The molecule has 15 heavy (non-hydrogen) atoms. The maximum absolute atomic E-state index is 13.2. The van der Waals surface area contributed by atoms with Gasteiger partial charge in [0.25, 0.3) is 5.92 Å². The van der Waals surface area contributed by atoms with Crippen molar-refractivity contribution in [3.63, 3.8) is 0 Å². The summed E-state index contributed by atoms with van der Waals surface area (Å²) in [5, 5.41) is 26.3. The molecule has 0 unspecified atom stereocenters. The first-order valence-corrected chi connectivity index (χ1v) is 3.95. The summed E-state index contributed by atoms with van der Waals surface area (Å²) >= 11 is 0. The van der Waals surface area contributed by atoms with E-state index in [-0.39, 0.29) is 0 Å². The number of phenols is 2. The van der Waals surface area contributed by atoms with Gasteiger partial charge in [0.15, 0.2) is 11.5 Å². The van der Waals surface area contributed by atoms with Crippen molar-refractivity contribution < 1.29 is 28.9 Å². The van der Waals surface area contributed by atoms with E-state index < -0.39 is 35.4 Å². The molecule has 1 rings (SSSR count). The number of benzene rings is 1. The average Bonchev–Trinajstić information content (AvgIpc) is 2.07. The number of aliphatic carboxylic acids is 1. The molecule has 82 valence electrons. The Labute approximate surface area is 83.4 Å². The molecule has 0 bridgehead atoms. The first-order valence-electron chi connectivity index (χ1n) is 3.95. The first kappa shape index (κ1) is 11.2. The van der Waals surface area contributed by atoms with E-state index in [1.165, 1.54) is 0 Å². The number of hydrogen-bond donors (Lipinski definition) is 3. The number of hydrogen-bond acceptors (Lipinski definition) is 3. The predicted molar refractivity (Wildman–Crippen MR) is 45.9 cm³/mol. The van der Waals surface area contributed by atoms with Gasteiger partial charge < -0.3 is 15.3 Å². The minimum Gasteiger partial charge on any atom is -0.504 e. The monoisotopic (exact) mass is 218 g/mol. The lowest BCUT2D eigenvalue weighted by Gasteiger charge is -2.15. The Morgan fingerprint density at radius 1 is 1.33 bits per heavy atom. The minimum atomic E-state index is -3.71. The van der Waals surface area contributed by atoms with Gasteiger partial charge in [0.05, 0.1) is 5.56 Å². The van der Waals surface area contributed by atoms with Crippen molar-refractivity contribution in [1.29, 1.82) is 0 Å². The van der Waals surface area contributed by atoms with Gasteiger partial charge >= 0.3 is 5.97 Å². The van der Waals surface area contributed by atoms with Crippen LogP contribution in [-0.4, -0.2) is 21.3 Å². The molecule has 0 amide bonds. The number of para-hydroxylation sites is 1. The van der Waals surface area contributed by atoms with Crippen LogP contribution < -0.4 is 0 Å². The fourth-order valence-corrected chi connectivity index (χ4v) is 1.11. The summed E-state index contributed by atoms with van der Waals surface area (Å²) in [6, 6.07) is 2.98. The molecule has 0 saturated heterocycles. The lowest BCUT2D eigenvalue weighted by molar-refractivity contribution is -0.145. The Balaban J connectivity index is 3.14. The highest BCUT2D eigenvalue weighted by atomic mass is 19.3. The number of rotatable bonds is 3. The van der Waals surface area contributed by atoms with Gasteiger partial charge in [-0.15, -0.1) is 0 Å². The normalized spacial score (nSPS) is 11.3. The zero-order valence-electron chi connectivity index (χ0n) is 7.44. The van der Waals surface area contributed by atoms with Gasteiger partial charge in [0.1, 0.15) is 6.42 Å². The van der Waals surface area contributed by atoms with Crippen molar-refractivity contribution >= 4 is 5.97 Å². The molecule has 0 heterocycles. The molecule has 0 spiro atoms. The summed E-state index contributed by atoms with van der Waals surface area (Å²) in [5.74, 6) is -7.11. The van der Waals surface area contributed by atoms with Crippen molar-refractivity contribution in [2.45, 2.75) is 12.3 Å². The smallest absolute Gasteiger partial charge is 0.309 e. The second-order valence-corrected chi connectivity index (χ2v) is 2.95. The quantitative estimate of drug-likeness (QED) is 0.674. The van der Waals surface area contributed by atoms with E-state index in [9.17, 15) is 13.6 Å². The van der Waals surface area contributed by atoms with Crippen molar-refractivity contribution in [2.75, 3.05) is 0 Å². The largest absolute Gasteiger partial charge is 0.504 e. The summed E-state index contributed by atoms with van der Waals surface area (Å²) in [6.07, 6.45) is -1.44. The SMILES string of the molecule is O=C(O)CC(F)(F)c1cccc(O)c1O. The van der Waals surface area contributed by atoms with Crippen LogP contribution in [0.5, 0.6) is 11.5 Å². The summed E-state index contributed by atoms with van der Waals surface area (Å²) in [6.45, 7) is 0. The molecule has 1 aromatic carbocycles. The summed E-state index contributed by atoms with van der Waals surface area (Å²) in [4.78, 5) is 10.2. The Kier molecular flexibility index (Phi) is 2.78. The van der Waals surface area contributed by atoms with E-state index in [0.717, 1.165) is 18.2 Å². The highest BCUT2D eigenvalue weighted by Gasteiger charge is 2.37. The van der Waals surface area contributed by atoms with Crippen LogP contribution in [0.3, 0.4) is 0 Å². The molecule has 6 heteroatoms. The van der Waals surface area contributed by atoms with Crippen LogP contribution in [0.2, 0.25) is 0 Å². The fraction of sp³-hybridized carbons (Fsp3) is 0.222. The van der Waals surface area contributed by atoms with Crippen molar-refractivity contribution in [3.05, 3.63) is 23.8 Å². The molecule has 0 fully saturated rings. The first-order chi connectivity index (χ1) is 6.84. The molecule has 0 aromatic heterocycles. The molecule has 0 atom stereocenters. The summed E-state index contributed by atoms with van der Waals surface area (Å²) < 4.78 is 26.4. The molecule has 0 aliphatic heterocycles. The number of aromatic hydroxyl groups is 2. The molecular weight excluding hydrogens is 210 g/mol. The van der Waals surface area contributed by atoms with Crippen molar-refractivity contribution in [1.82, 2.24) is 0 Å². The molecule has 3 N–H and O–H groups in total. The van der Waals surface area contributed by atoms with Gasteiger partial charge in [-0.2, -0.15) is 0 Å². The third-order valence-corrected chi connectivity index (χ3v) is 1.78. The van der Waals surface area contributed by atoms with Gasteiger partial charge in [0, 0.05) is 0 Å². The van der Waals surface area contributed by atoms with E-state index in [0.29, 0.717) is 0 Å². The van der Waals surface area contributed by atoms with Crippen molar-refractivity contribution in [3.8, 4) is 11.5 Å².